The van der Waals surface area contributed by atoms with E-state index in [4.69, 9.17) is 11.6 Å². The number of benzene rings is 2. The zero-order chi connectivity index (χ0) is 16.5. The van der Waals surface area contributed by atoms with E-state index >= 15 is 0 Å². The summed E-state index contributed by atoms with van der Waals surface area (Å²) in [6, 6.07) is 6.32. The molecule has 2 aromatic rings. The van der Waals surface area contributed by atoms with E-state index < -0.39 is 32.5 Å². The molecule has 0 aliphatic heterocycles. The van der Waals surface area contributed by atoms with Gasteiger partial charge in [0.15, 0.2) is 0 Å². The number of halogens is 5. The molecule has 0 atom stereocenters. The van der Waals surface area contributed by atoms with Gasteiger partial charge in [0.2, 0.25) is 0 Å². The molecule has 0 aliphatic rings. The molecule has 0 radical (unpaired) electrons. The number of hydrogen-bond acceptors (Lipinski definition) is 2. The maximum atomic E-state index is 13.0. The predicted molar refractivity (Wildman–Crippen MR) is 73.7 cm³/mol. The summed E-state index contributed by atoms with van der Waals surface area (Å²) in [5.41, 5.74) is -1.16. The Morgan fingerprint density at radius 2 is 1.73 bits per heavy atom. The molecule has 22 heavy (non-hydrogen) atoms. The first-order chi connectivity index (χ1) is 10.1. The largest absolute Gasteiger partial charge is 0.416 e. The highest BCUT2D eigenvalue weighted by molar-refractivity contribution is 7.92. The fourth-order valence-corrected chi connectivity index (χ4v) is 2.89. The zero-order valence-corrected chi connectivity index (χ0v) is 12.2. The van der Waals surface area contributed by atoms with E-state index in [9.17, 15) is 26.0 Å². The van der Waals surface area contributed by atoms with Crippen LogP contribution < -0.4 is 4.72 Å². The average Bonchev–Trinajstić information content (AvgIpc) is 2.42. The van der Waals surface area contributed by atoms with Crippen LogP contribution in [0.2, 0.25) is 5.02 Å². The van der Waals surface area contributed by atoms with Gasteiger partial charge in [-0.3, -0.25) is 4.72 Å². The van der Waals surface area contributed by atoms with Crippen LogP contribution >= 0.6 is 11.6 Å². The summed E-state index contributed by atoms with van der Waals surface area (Å²) in [5.74, 6) is -0.747. The number of sulfonamides is 1. The van der Waals surface area contributed by atoms with Gasteiger partial charge < -0.3 is 0 Å². The maximum Gasteiger partial charge on any atom is 0.416 e. The lowest BCUT2D eigenvalue weighted by molar-refractivity contribution is -0.137. The molecule has 1 N–H and O–H groups in total. The molecule has 9 heteroatoms. The van der Waals surface area contributed by atoms with Crippen LogP contribution in [-0.4, -0.2) is 8.42 Å². The first-order valence-electron chi connectivity index (χ1n) is 5.75. The first-order valence-corrected chi connectivity index (χ1v) is 7.61. The standard InChI is InChI=1S/C13H8ClF4NO2S/c14-11-7-9(4-5-12(11)15)19-22(20,21)10-3-1-2-8(6-10)13(16,17)18/h1-7,19H. The number of hydrogen-bond donors (Lipinski definition) is 1. The van der Waals surface area contributed by atoms with Crippen molar-refractivity contribution in [1.29, 1.82) is 0 Å². The fourth-order valence-electron chi connectivity index (χ4n) is 1.61. The van der Waals surface area contributed by atoms with E-state index in [1.54, 1.807) is 0 Å². The summed E-state index contributed by atoms with van der Waals surface area (Å²) >= 11 is 5.52. The van der Waals surface area contributed by atoms with Gasteiger partial charge in [-0.15, -0.1) is 0 Å². The Hall–Kier alpha value is -1.80. The molecule has 0 aliphatic carbocycles. The second-order valence-corrected chi connectivity index (χ2v) is 6.35. The third-order valence-electron chi connectivity index (χ3n) is 2.64. The van der Waals surface area contributed by atoms with E-state index in [1.165, 1.54) is 0 Å². The highest BCUT2D eigenvalue weighted by Crippen LogP contribution is 2.31. The smallest absolute Gasteiger partial charge is 0.280 e. The third-order valence-corrected chi connectivity index (χ3v) is 4.31. The van der Waals surface area contributed by atoms with Crippen molar-refractivity contribution in [1.82, 2.24) is 0 Å². The number of nitrogens with one attached hydrogen (secondary N) is 1. The summed E-state index contributed by atoms with van der Waals surface area (Å²) in [6.07, 6.45) is -4.66. The second-order valence-electron chi connectivity index (χ2n) is 4.26. The predicted octanol–water partition coefficient (Wildman–Crippen LogP) is 4.30. The van der Waals surface area contributed by atoms with Crippen molar-refractivity contribution >= 4 is 27.3 Å². The van der Waals surface area contributed by atoms with Crippen LogP contribution in [0.3, 0.4) is 0 Å². The molecule has 0 bridgehead atoms. The molecular weight excluding hydrogens is 346 g/mol. The van der Waals surface area contributed by atoms with Crippen LogP contribution in [-0.2, 0) is 16.2 Å². The highest BCUT2D eigenvalue weighted by atomic mass is 35.5. The lowest BCUT2D eigenvalue weighted by atomic mass is 10.2. The number of anilines is 1. The quantitative estimate of drug-likeness (QED) is 0.836. The van der Waals surface area contributed by atoms with Gasteiger partial charge >= 0.3 is 6.18 Å². The van der Waals surface area contributed by atoms with E-state index in [-0.39, 0.29) is 10.7 Å². The first kappa shape index (κ1) is 16.6. The topological polar surface area (TPSA) is 46.2 Å². The van der Waals surface area contributed by atoms with Crippen LogP contribution in [0.5, 0.6) is 0 Å². The highest BCUT2D eigenvalue weighted by Gasteiger charge is 2.31. The average molecular weight is 354 g/mol. The third kappa shape index (κ3) is 3.69. The monoisotopic (exact) mass is 353 g/mol. The molecule has 3 nitrogen and oxygen atoms in total. The van der Waals surface area contributed by atoms with E-state index in [1.807, 2.05) is 4.72 Å². The molecule has 2 rings (SSSR count). The molecular formula is C13H8ClF4NO2S. The Balaban J connectivity index is 2.36. The lowest BCUT2D eigenvalue weighted by Gasteiger charge is -2.11. The van der Waals surface area contributed by atoms with Gasteiger partial charge in [-0.05, 0) is 36.4 Å². The Morgan fingerprint density at radius 3 is 2.32 bits per heavy atom. The zero-order valence-electron chi connectivity index (χ0n) is 10.7. The molecule has 0 heterocycles. The minimum absolute atomic E-state index is 0.0659. The Labute approximate surface area is 128 Å². The molecule has 0 saturated carbocycles. The van der Waals surface area contributed by atoms with Crippen LogP contribution in [0, 0.1) is 5.82 Å². The fraction of sp³-hybridized carbons (Fsp3) is 0.0769. The van der Waals surface area contributed by atoms with Crippen molar-refractivity contribution in [2.75, 3.05) is 4.72 Å². The van der Waals surface area contributed by atoms with E-state index in [0.717, 1.165) is 36.4 Å². The summed E-state index contributed by atoms with van der Waals surface area (Å²) < 4.78 is 77.0. The molecule has 0 saturated heterocycles. The molecule has 2 aromatic carbocycles. The summed E-state index contributed by atoms with van der Waals surface area (Å²) in [4.78, 5) is -0.567. The Bertz CT molecular complexity index is 806. The van der Waals surface area contributed by atoms with Crippen molar-refractivity contribution in [3.8, 4) is 0 Å². The molecule has 0 amide bonds. The molecule has 0 spiro atoms. The van der Waals surface area contributed by atoms with Gasteiger partial charge in [0.1, 0.15) is 5.82 Å². The maximum absolute atomic E-state index is 13.0. The van der Waals surface area contributed by atoms with Gasteiger partial charge in [-0.1, -0.05) is 17.7 Å². The minimum Gasteiger partial charge on any atom is -0.280 e. The van der Waals surface area contributed by atoms with Crippen LogP contribution in [0.15, 0.2) is 47.4 Å². The van der Waals surface area contributed by atoms with E-state index in [0.29, 0.717) is 6.07 Å². The van der Waals surface area contributed by atoms with Gasteiger partial charge in [0, 0.05) is 0 Å². The molecule has 0 fully saturated rings. The Kier molecular flexibility index (Phi) is 4.35. The van der Waals surface area contributed by atoms with Gasteiger partial charge in [0.05, 0.1) is 21.2 Å². The summed E-state index contributed by atoms with van der Waals surface area (Å²) in [7, 11) is -4.26. The lowest BCUT2D eigenvalue weighted by Crippen LogP contribution is -2.14. The van der Waals surface area contributed by atoms with Crippen molar-refractivity contribution in [3.63, 3.8) is 0 Å². The molecule has 0 unspecified atom stereocenters. The minimum atomic E-state index is -4.66. The van der Waals surface area contributed by atoms with Crippen molar-refractivity contribution < 1.29 is 26.0 Å². The SMILES string of the molecule is O=S(=O)(Nc1ccc(F)c(Cl)c1)c1cccc(C(F)(F)F)c1. The van der Waals surface area contributed by atoms with Gasteiger partial charge in [-0.2, -0.15) is 13.2 Å². The van der Waals surface area contributed by atoms with Gasteiger partial charge in [0.25, 0.3) is 10.0 Å². The summed E-state index contributed by atoms with van der Waals surface area (Å²) in [6.45, 7) is 0. The van der Waals surface area contributed by atoms with Crippen LogP contribution in [0.1, 0.15) is 5.56 Å². The van der Waals surface area contributed by atoms with E-state index in [2.05, 4.69) is 0 Å². The Morgan fingerprint density at radius 1 is 1.05 bits per heavy atom. The molecule has 118 valence electrons. The van der Waals surface area contributed by atoms with Crippen molar-refractivity contribution in [3.05, 3.63) is 58.9 Å². The van der Waals surface area contributed by atoms with Gasteiger partial charge in [-0.25, -0.2) is 12.8 Å². The molecule has 0 aromatic heterocycles. The second kappa shape index (κ2) is 5.77. The normalized spacial score (nSPS) is 12.2. The van der Waals surface area contributed by atoms with Crippen molar-refractivity contribution in [2.24, 2.45) is 0 Å². The van der Waals surface area contributed by atoms with Crippen molar-refractivity contribution in [2.45, 2.75) is 11.1 Å². The summed E-state index contributed by atoms with van der Waals surface area (Å²) in [5, 5.41) is -0.316. The van der Waals surface area contributed by atoms with Crippen LogP contribution in [0.4, 0.5) is 23.2 Å². The number of rotatable bonds is 3. The number of alkyl halides is 3. The van der Waals surface area contributed by atoms with Crippen LogP contribution in [0.25, 0.3) is 0 Å².